The van der Waals surface area contributed by atoms with Crippen molar-refractivity contribution in [1.82, 2.24) is 0 Å². The first-order chi connectivity index (χ1) is 32.0. The molecule has 370 valence electrons. The first-order valence-electron chi connectivity index (χ1n) is 26.7. The van der Waals surface area contributed by atoms with Gasteiger partial charge in [-0.1, -0.05) is 208 Å². The Labute approximate surface area is 400 Å². The van der Waals surface area contributed by atoms with E-state index < -0.39 is 6.10 Å². The van der Waals surface area contributed by atoms with E-state index in [1.54, 1.807) is 0 Å². The quantitative estimate of drug-likeness (QED) is 0.0262. The van der Waals surface area contributed by atoms with E-state index in [0.717, 1.165) is 135 Å². The Hall–Kier alpha value is -3.67. The molecule has 1 atom stereocenters. The molecule has 0 saturated heterocycles. The van der Waals surface area contributed by atoms with E-state index in [1.165, 1.54) is 64.2 Å². The Bertz CT molecular complexity index is 1310. The molecule has 0 aromatic carbocycles. The van der Waals surface area contributed by atoms with E-state index in [1.807, 2.05) is 0 Å². The largest absolute Gasteiger partial charge is 0.462 e. The molecule has 0 bridgehead atoms. The van der Waals surface area contributed by atoms with Crippen LogP contribution in [0.4, 0.5) is 0 Å². The Morgan fingerprint density at radius 3 is 0.954 bits per heavy atom. The van der Waals surface area contributed by atoms with Gasteiger partial charge in [-0.15, -0.1) is 0 Å². The lowest BCUT2D eigenvalue weighted by molar-refractivity contribution is -0.167. The highest BCUT2D eigenvalue weighted by Gasteiger charge is 2.19. The summed E-state index contributed by atoms with van der Waals surface area (Å²) in [5.41, 5.74) is 0. The van der Waals surface area contributed by atoms with Crippen molar-refractivity contribution in [3.63, 3.8) is 0 Å². The second-order valence-corrected chi connectivity index (χ2v) is 17.4. The van der Waals surface area contributed by atoms with Gasteiger partial charge < -0.3 is 14.2 Å². The van der Waals surface area contributed by atoms with Crippen LogP contribution in [-0.2, 0) is 28.6 Å². The molecular weight excluding hydrogens is 805 g/mol. The molecule has 0 heterocycles. The number of hydrogen-bond donors (Lipinski definition) is 0. The van der Waals surface area contributed by atoms with Gasteiger partial charge in [0.15, 0.2) is 6.10 Å². The molecule has 65 heavy (non-hydrogen) atoms. The summed E-state index contributed by atoms with van der Waals surface area (Å²) in [7, 11) is 0. The van der Waals surface area contributed by atoms with Gasteiger partial charge in [0.05, 0.1) is 0 Å². The number of ether oxygens (including phenoxy) is 3. The van der Waals surface area contributed by atoms with Crippen molar-refractivity contribution in [3.8, 4) is 0 Å². The van der Waals surface area contributed by atoms with Gasteiger partial charge in [-0.05, 0) is 109 Å². The van der Waals surface area contributed by atoms with Crippen molar-refractivity contribution < 1.29 is 28.6 Å². The Morgan fingerprint density at radius 2 is 0.600 bits per heavy atom. The summed E-state index contributed by atoms with van der Waals surface area (Å²) >= 11 is 0. The highest BCUT2D eigenvalue weighted by molar-refractivity contribution is 5.71. The summed E-state index contributed by atoms with van der Waals surface area (Å²) in [5, 5.41) is 0. The standard InChI is InChI=1S/C59H98O6/c1-4-7-10-13-16-19-22-24-26-28-29-31-32-34-37-40-43-46-49-52-58(61)64-55-56(54-63-57(60)51-48-45-42-39-36-21-18-15-12-9-6-3)65-59(62)53-50-47-44-41-38-35-33-30-27-25-23-20-17-14-11-8-5-2/h7-8,10-11,15-20,24-27,29,31,56H,4-6,9,12-14,21-23,28,30,32-55H2,1-3H3/b10-7-,11-8-,18-15-,19-16-,20-17-,26-24-,27-25-,31-29-. The van der Waals surface area contributed by atoms with Gasteiger partial charge >= 0.3 is 17.9 Å². The highest BCUT2D eigenvalue weighted by atomic mass is 16.6. The number of esters is 3. The van der Waals surface area contributed by atoms with Crippen molar-refractivity contribution in [2.24, 2.45) is 0 Å². The minimum atomic E-state index is -0.793. The zero-order valence-corrected chi connectivity index (χ0v) is 42.2. The summed E-state index contributed by atoms with van der Waals surface area (Å²) < 4.78 is 16.8. The fourth-order valence-corrected chi connectivity index (χ4v) is 7.07. The van der Waals surface area contributed by atoms with Crippen molar-refractivity contribution in [3.05, 3.63) is 97.2 Å². The van der Waals surface area contributed by atoms with Crippen LogP contribution < -0.4 is 0 Å². The molecule has 6 heteroatoms. The van der Waals surface area contributed by atoms with Crippen LogP contribution in [0.2, 0.25) is 0 Å². The molecule has 0 aliphatic heterocycles. The van der Waals surface area contributed by atoms with Crippen molar-refractivity contribution in [1.29, 1.82) is 0 Å². The zero-order chi connectivity index (χ0) is 47.2. The lowest BCUT2D eigenvalue weighted by atomic mass is 10.1. The third kappa shape index (κ3) is 51.2. The molecule has 0 fully saturated rings. The van der Waals surface area contributed by atoms with Crippen LogP contribution in [0.1, 0.15) is 239 Å². The maximum atomic E-state index is 12.8. The zero-order valence-electron chi connectivity index (χ0n) is 42.2. The summed E-state index contributed by atoms with van der Waals surface area (Å²) in [4.78, 5) is 38.0. The number of hydrogen-bond acceptors (Lipinski definition) is 6. The van der Waals surface area contributed by atoms with Crippen LogP contribution in [0.3, 0.4) is 0 Å². The van der Waals surface area contributed by atoms with Crippen molar-refractivity contribution >= 4 is 17.9 Å². The molecule has 0 aliphatic carbocycles. The van der Waals surface area contributed by atoms with Gasteiger partial charge in [0.2, 0.25) is 0 Å². The lowest BCUT2D eigenvalue weighted by Gasteiger charge is -2.18. The van der Waals surface area contributed by atoms with E-state index in [0.29, 0.717) is 19.3 Å². The highest BCUT2D eigenvalue weighted by Crippen LogP contribution is 2.14. The van der Waals surface area contributed by atoms with E-state index >= 15 is 0 Å². The third-order valence-electron chi connectivity index (χ3n) is 11.1. The van der Waals surface area contributed by atoms with E-state index in [9.17, 15) is 14.4 Å². The number of rotatable bonds is 47. The number of unbranched alkanes of at least 4 members (excludes halogenated alkanes) is 20. The minimum absolute atomic E-state index is 0.0916. The Balaban J connectivity index is 4.41. The molecule has 1 unspecified atom stereocenters. The van der Waals surface area contributed by atoms with Crippen LogP contribution in [0.5, 0.6) is 0 Å². The maximum absolute atomic E-state index is 12.8. The third-order valence-corrected chi connectivity index (χ3v) is 11.1. The van der Waals surface area contributed by atoms with Gasteiger partial charge in [-0.25, -0.2) is 0 Å². The summed E-state index contributed by atoms with van der Waals surface area (Å²) in [5.74, 6) is -0.926. The molecule has 0 N–H and O–H groups in total. The van der Waals surface area contributed by atoms with Gasteiger partial charge in [-0.3, -0.25) is 14.4 Å². The van der Waals surface area contributed by atoms with Gasteiger partial charge in [0, 0.05) is 19.3 Å². The van der Waals surface area contributed by atoms with Crippen molar-refractivity contribution in [2.45, 2.75) is 245 Å². The van der Waals surface area contributed by atoms with Crippen LogP contribution in [-0.4, -0.2) is 37.2 Å². The molecule has 0 spiro atoms. The van der Waals surface area contributed by atoms with Crippen LogP contribution in [0, 0.1) is 0 Å². The Morgan fingerprint density at radius 1 is 0.323 bits per heavy atom. The smallest absolute Gasteiger partial charge is 0.306 e. The fourth-order valence-electron chi connectivity index (χ4n) is 7.07. The van der Waals surface area contributed by atoms with Crippen molar-refractivity contribution in [2.75, 3.05) is 13.2 Å². The predicted octanol–water partition coefficient (Wildman–Crippen LogP) is 17.8. The number of carbonyl (C=O) groups is 3. The first kappa shape index (κ1) is 61.3. The summed E-state index contributed by atoms with van der Waals surface area (Å²) in [6.45, 7) is 6.35. The average Bonchev–Trinajstić information content (AvgIpc) is 3.30. The molecular formula is C59H98O6. The van der Waals surface area contributed by atoms with Crippen LogP contribution in [0.25, 0.3) is 0 Å². The first-order valence-corrected chi connectivity index (χ1v) is 26.7. The normalized spacial score (nSPS) is 12.8. The minimum Gasteiger partial charge on any atom is -0.462 e. The van der Waals surface area contributed by atoms with E-state index in [-0.39, 0.29) is 31.1 Å². The number of allylic oxidation sites excluding steroid dienone is 16. The second kappa shape index (κ2) is 52.9. The maximum Gasteiger partial charge on any atom is 0.306 e. The molecule has 0 saturated carbocycles. The lowest BCUT2D eigenvalue weighted by Crippen LogP contribution is -2.30. The summed E-state index contributed by atoms with van der Waals surface area (Å²) in [6, 6.07) is 0. The van der Waals surface area contributed by atoms with Gasteiger partial charge in [0.1, 0.15) is 13.2 Å². The SMILES string of the molecule is CC/C=C\C/C=C\C/C=C\C/C=C\CCCCCCCCC(=O)OCC(COC(=O)CCCCCCC/C=C\CCCC)OC(=O)CCCCCCCCC/C=C\C/C=C\C/C=C\CC. The molecule has 0 aromatic rings. The fraction of sp³-hybridized carbons (Fsp3) is 0.678. The number of carbonyl (C=O) groups excluding carboxylic acids is 3. The van der Waals surface area contributed by atoms with E-state index in [2.05, 4.69) is 118 Å². The van der Waals surface area contributed by atoms with Gasteiger partial charge in [-0.2, -0.15) is 0 Å². The average molecular weight is 903 g/mol. The molecule has 6 nitrogen and oxygen atoms in total. The molecule has 0 amide bonds. The monoisotopic (exact) mass is 903 g/mol. The molecule has 0 aromatic heterocycles. The molecule has 0 radical (unpaired) electrons. The van der Waals surface area contributed by atoms with Crippen LogP contribution >= 0.6 is 0 Å². The molecule has 0 rings (SSSR count). The predicted molar refractivity (Wildman–Crippen MR) is 279 cm³/mol. The second-order valence-electron chi connectivity index (χ2n) is 17.4. The topological polar surface area (TPSA) is 78.9 Å². The summed E-state index contributed by atoms with van der Waals surface area (Å²) in [6.07, 6.45) is 69.6. The van der Waals surface area contributed by atoms with E-state index in [4.69, 9.17) is 14.2 Å². The van der Waals surface area contributed by atoms with Gasteiger partial charge in [0.25, 0.3) is 0 Å². The van der Waals surface area contributed by atoms with Crippen LogP contribution in [0.15, 0.2) is 97.2 Å². The molecule has 0 aliphatic rings. The Kier molecular flexibility index (Phi) is 50.0.